The number of nitrogens with one attached hydrogen (secondary N) is 1. The highest BCUT2D eigenvalue weighted by Crippen LogP contribution is 2.24. The van der Waals surface area contributed by atoms with Crippen molar-refractivity contribution in [3.63, 3.8) is 0 Å². The number of benzene rings is 2. The van der Waals surface area contributed by atoms with Crippen LogP contribution in [0.3, 0.4) is 0 Å². The van der Waals surface area contributed by atoms with Crippen LogP contribution in [-0.2, 0) is 25.8 Å². The summed E-state index contributed by atoms with van der Waals surface area (Å²) < 4.78 is 50.3. The molecule has 8 heteroatoms. The molecule has 0 spiro atoms. The van der Waals surface area contributed by atoms with Crippen molar-refractivity contribution in [2.75, 3.05) is 4.72 Å². The SMILES string of the molecule is Cc1cc(C)c(S(=O)(=O)Nc2cccc(CS(N)(=O)=O)c2)c(C)c1. The molecule has 0 amide bonds. The highest BCUT2D eigenvalue weighted by Gasteiger charge is 2.20. The van der Waals surface area contributed by atoms with E-state index in [1.54, 1.807) is 44.2 Å². The van der Waals surface area contributed by atoms with E-state index >= 15 is 0 Å². The van der Waals surface area contributed by atoms with Gasteiger partial charge in [-0.2, -0.15) is 0 Å². The van der Waals surface area contributed by atoms with Gasteiger partial charge in [0.1, 0.15) is 0 Å². The molecule has 0 aromatic heterocycles. The molecule has 0 aliphatic carbocycles. The van der Waals surface area contributed by atoms with Gasteiger partial charge in [0.25, 0.3) is 10.0 Å². The Bertz CT molecular complexity index is 958. The van der Waals surface area contributed by atoms with Gasteiger partial charge in [0, 0.05) is 5.69 Å². The van der Waals surface area contributed by atoms with Gasteiger partial charge in [-0.15, -0.1) is 0 Å². The summed E-state index contributed by atoms with van der Waals surface area (Å²) in [5, 5.41) is 5.02. The average molecular weight is 368 g/mol. The molecule has 2 rings (SSSR count). The number of rotatable bonds is 5. The molecule has 0 atom stereocenters. The maximum Gasteiger partial charge on any atom is 0.262 e. The summed E-state index contributed by atoms with van der Waals surface area (Å²) in [6.45, 7) is 5.39. The molecular weight excluding hydrogens is 348 g/mol. The maximum atomic E-state index is 12.7. The Balaban J connectivity index is 2.39. The van der Waals surface area contributed by atoms with Gasteiger partial charge < -0.3 is 0 Å². The summed E-state index contributed by atoms with van der Waals surface area (Å²) in [5.74, 6) is -0.356. The molecule has 0 unspecified atom stereocenters. The van der Waals surface area contributed by atoms with Crippen LogP contribution in [0.1, 0.15) is 22.3 Å². The maximum absolute atomic E-state index is 12.7. The first-order chi connectivity index (χ1) is 11.0. The summed E-state index contributed by atoms with van der Waals surface area (Å²) in [4.78, 5) is 0.227. The lowest BCUT2D eigenvalue weighted by molar-refractivity contribution is 0.596. The second-order valence-corrected chi connectivity index (χ2v) is 9.07. The number of primary sulfonamides is 1. The second-order valence-electron chi connectivity index (χ2n) is 5.84. The zero-order valence-corrected chi connectivity index (χ0v) is 15.3. The molecule has 0 bridgehead atoms. The van der Waals surface area contributed by atoms with Crippen LogP contribution in [-0.4, -0.2) is 16.8 Å². The first-order valence-corrected chi connectivity index (χ1v) is 10.4. The van der Waals surface area contributed by atoms with Crippen LogP contribution in [0.5, 0.6) is 0 Å². The Kier molecular flexibility index (Phi) is 5.03. The van der Waals surface area contributed by atoms with Crippen molar-refractivity contribution >= 4 is 25.7 Å². The van der Waals surface area contributed by atoms with E-state index in [0.29, 0.717) is 16.7 Å². The molecule has 3 N–H and O–H groups in total. The van der Waals surface area contributed by atoms with Crippen LogP contribution in [0.2, 0.25) is 0 Å². The second kappa shape index (κ2) is 6.54. The fourth-order valence-corrected chi connectivity index (χ4v) is 4.90. The summed E-state index contributed by atoms with van der Waals surface area (Å²) in [5.41, 5.74) is 2.99. The van der Waals surface area contributed by atoms with Crippen LogP contribution in [0.4, 0.5) is 5.69 Å². The van der Waals surface area contributed by atoms with Crippen molar-refractivity contribution in [1.82, 2.24) is 0 Å². The number of hydrogen-bond acceptors (Lipinski definition) is 4. The number of sulfonamides is 2. The summed E-state index contributed by atoms with van der Waals surface area (Å²) >= 11 is 0. The first kappa shape index (κ1) is 18.4. The standard InChI is InChI=1S/C16H20N2O4S2/c1-11-7-12(2)16(13(3)8-11)24(21,22)18-15-6-4-5-14(9-15)10-23(17,19)20/h4-9,18H,10H2,1-3H3,(H2,17,19,20). The van der Waals surface area contributed by atoms with E-state index in [4.69, 9.17) is 5.14 Å². The van der Waals surface area contributed by atoms with Gasteiger partial charge in [-0.1, -0.05) is 29.8 Å². The first-order valence-electron chi connectivity index (χ1n) is 7.18. The van der Waals surface area contributed by atoms with Crippen LogP contribution >= 0.6 is 0 Å². The van der Waals surface area contributed by atoms with Crippen molar-refractivity contribution < 1.29 is 16.8 Å². The van der Waals surface area contributed by atoms with Crippen molar-refractivity contribution in [2.24, 2.45) is 5.14 Å². The van der Waals surface area contributed by atoms with Crippen LogP contribution in [0.15, 0.2) is 41.3 Å². The summed E-state index contributed by atoms with van der Waals surface area (Å²) in [7, 11) is -7.47. The van der Waals surface area contributed by atoms with Crippen molar-refractivity contribution in [1.29, 1.82) is 0 Å². The minimum Gasteiger partial charge on any atom is -0.280 e. The molecule has 130 valence electrons. The normalized spacial score (nSPS) is 12.2. The molecule has 0 aliphatic heterocycles. The largest absolute Gasteiger partial charge is 0.280 e. The Labute approximate surface area is 142 Å². The fourth-order valence-electron chi connectivity index (χ4n) is 2.75. The van der Waals surface area contributed by atoms with Crippen LogP contribution in [0.25, 0.3) is 0 Å². The number of hydrogen-bond donors (Lipinski definition) is 2. The third-order valence-corrected chi connectivity index (χ3v) is 5.84. The third kappa shape index (κ3) is 4.56. The molecule has 0 aliphatic rings. The number of nitrogens with two attached hydrogens (primary N) is 1. The highest BCUT2D eigenvalue weighted by molar-refractivity contribution is 7.92. The minimum atomic E-state index is -3.78. The van der Waals surface area contributed by atoms with E-state index in [0.717, 1.165) is 5.56 Å². The molecule has 2 aromatic carbocycles. The van der Waals surface area contributed by atoms with Gasteiger partial charge in [0.2, 0.25) is 10.0 Å². The number of anilines is 1. The zero-order chi connectivity index (χ0) is 18.1. The predicted molar refractivity (Wildman–Crippen MR) is 94.7 cm³/mol. The van der Waals surface area contributed by atoms with Crippen molar-refractivity contribution in [2.45, 2.75) is 31.4 Å². The Hall–Kier alpha value is -1.90. The van der Waals surface area contributed by atoms with Crippen LogP contribution < -0.4 is 9.86 Å². The van der Waals surface area contributed by atoms with E-state index in [1.165, 1.54) is 6.07 Å². The molecular formula is C16H20N2O4S2. The molecule has 0 fully saturated rings. The Morgan fingerprint density at radius 2 is 1.54 bits per heavy atom. The van der Waals surface area contributed by atoms with Gasteiger partial charge in [0.05, 0.1) is 10.6 Å². The van der Waals surface area contributed by atoms with Crippen molar-refractivity contribution in [3.05, 3.63) is 58.7 Å². The predicted octanol–water partition coefficient (Wildman–Crippen LogP) is 2.20. The lowest BCUT2D eigenvalue weighted by atomic mass is 10.1. The fraction of sp³-hybridized carbons (Fsp3) is 0.250. The van der Waals surface area contributed by atoms with Gasteiger partial charge in [-0.05, 0) is 49.6 Å². The number of aryl methyl sites for hydroxylation is 3. The lowest BCUT2D eigenvalue weighted by Gasteiger charge is -2.14. The lowest BCUT2D eigenvalue weighted by Crippen LogP contribution is -2.17. The smallest absolute Gasteiger partial charge is 0.262 e. The highest BCUT2D eigenvalue weighted by atomic mass is 32.2. The van der Waals surface area contributed by atoms with Gasteiger partial charge in [-0.25, -0.2) is 22.0 Å². The van der Waals surface area contributed by atoms with E-state index in [2.05, 4.69) is 4.72 Å². The third-order valence-electron chi connectivity index (χ3n) is 3.42. The van der Waals surface area contributed by atoms with E-state index in [9.17, 15) is 16.8 Å². The zero-order valence-electron chi connectivity index (χ0n) is 13.7. The summed E-state index contributed by atoms with van der Waals surface area (Å²) in [6.07, 6.45) is 0. The van der Waals surface area contributed by atoms with E-state index in [1.807, 2.05) is 6.92 Å². The molecule has 0 radical (unpaired) electrons. The van der Waals surface area contributed by atoms with Gasteiger partial charge >= 0.3 is 0 Å². The quantitative estimate of drug-likeness (QED) is 0.843. The monoisotopic (exact) mass is 368 g/mol. The minimum absolute atomic E-state index is 0.227. The van der Waals surface area contributed by atoms with Crippen molar-refractivity contribution in [3.8, 4) is 0 Å². The molecule has 0 saturated carbocycles. The van der Waals surface area contributed by atoms with Crippen LogP contribution in [0, 0.1) is 20.8 Å². The molecule has 24 heavy (non-hydrogen) atoms. The van der Waals surface area contributed by atoms with Gasteiger partial charge in [-0.3, -0.25) is 4.72 Å². The Morgan fingerprint density at radius 1 is 0.958 bits per heavy atom. The molecule has 2 aromatic rings. The summed E-state index contributed by atoms with van der Waals surface area (Å²) in [6, 6.07) is 9.78. The Morgan fingerprint density at radius 3 is 2.08 bits per heavy atom. The van der Waals surface area contributed by atoms with E-state index < -0.39 is 20.0 Å². The molecule has 6 nitrogen and oxygen atoms in total. The molecule has 0 heterocycles. The van der Waals surface area contributed by atoms with Gasteiger partial charge in [0.15, 0.2) is 0 Å². The average Bonchev–Trinajstić information content (AvgIpc) is 2.34. The topological polar surface area (TPSA) is 106 Å². The van der Waals surface area contributed by atoms with E-state index in [-0.39, 0.29) is 16.3 Å². The molecule has 0 saturated heterocycles.